The van der Waals surface area contributed by atoms with Gasteiger partial charge in [0.05, 0.1) is 13.5 Å². The van der Waals surface area contributed by atoms with E-state index in [0.29, 0.717) is 5.92 Å². The van der Waals surface area contributed by atoms with Crippen molar-refractivity contribution < 1.29 is 14.6 Å². The standard InChI is InChI=1S/C18H20O3/c1-12(2)14-5-4-6-15(11-14)16-9-13(10-18(19)20)7-8-17(16)21-3/h4-9,11-12H,10H2,1-3H3,(H,19,20). The largest absolute Gasteiger partial charge is 0.496 e. The first kappa shape index (κ1) is 15.1. The molecule has 0 spiro atoms. The van der Waals surface area contributed by atoms with Crippen LogP contribution in [0.3, 0.4) is 0 Å². The highest BCUT2D eigenvalue weighted by molar-refractivity contribution is 5.75. The van der Waals surface area contributed by atoms with Gasteiger partial charge in [-0.1, -0.05) is 44.2 Å². The summed E-state index contributed by atoms with van der Waals surface area (Å²) in [5, 5.41) is 8.94. The third kappa shape index (κ3) is 3.63. The molecule has 0 radical (unpaired) electrons. The van der Waals surface area contributed by atoms with Gasteiger partial charge in [-0.25, -0.2) is 0 Å². The Labute approximate surface area is 125 Å². The molecule has 0 saturated heterocycles. The Hall–Kier alpha value is -2.29. The molecule has 0 heterocycles. The van der Waals surface area contributed by atoms with E-state index in [2.05, 4.69) is 26.0 Å². The number of carboxylic acid groups (broad SMARTS) is 1. The number of methoxy groups -OCH3 is 1. The maximum Gasteiger partial charge on any atom is 0.307 e. The molecule has 0 saturated carbocycles. The lowest BCUT2D eigenvalue weighted by atomic mass is 9.95. The van der Waals surface area contributed by atoms with E-state index in [4.69, 9.17) is 9.84 Å². The van der Waals surface area contributed by atoms with Gasteiger partial charge >= 0.3 is 5.97 Å². The lowest BCUT2D eigenvalue weighted by Crippen LogP contribution is -2.00. The molecule has 0 aliphatic rings. The lowest BCUT2D eigenvalue weighted by Gasteiger charge is -2.13. The zero-order chi connectivity index (χ0) is 15.4. The van der Waals surface area contributed by atoms with Crippen molar-refractivity contribution in [2.45, 2.75) is 26.2 Å². The molecule has 2 aromatic rings. The molecule has 0 unspecified atom stereocenters. The highest BCUT2D eigenvalue weighted by Crippen LogP contribution is 2.32. The number of aliphatic carboxylic acids is 1. The minimum Gasteiger partial charge on any atom is -0.496 e. The smallest absolute Gasteiger partial charge is 0.307 e. The molecule has 0 aliphatic heterocycles. The van der Waals surface area contributed by atoms with Gasteiger partial charge in [-0.2, -0.15) is 0 Å². The van der Waals surface area contributed by atoms with E-state index in [9.17, 15) is 4.79 Å². The van der Waals surface area contributed by atoms with Crippen molar-refractivity contribution in [3.8, 4) is 16.9 Å². The second kappa shape index (κ2) is 6.44. The Morgan fingerprint density at radius 2 is 1.95 bits per heavy atom. The first-order chi connectivity index (χ1) is 10.0. The number of benzene rings is 2. The van der Waals surface area contributed by atoms with Gasteiger partial charge in [0.2, 0.25) is 0 Å². The predicted octanol–water partition coefficient (Wildman–Crippen LogP) is 4.11. The van der Waals surface area contributed by atoms with Crippen LogP contribution in [0.2, 0.25) is 0 Å². The van der Waals surface area contributed by atoms with Crippen LogP contribution in [-0.4, -0.2) is 18.2 Å². The summed E-state index contributed by atoms with van der Waals surface area (Å²) in [6, 6.07) is 13.8. The molecule has 0 amide bonds. The molecule has 2 aromatic carbocycles. The molecule has 3 nitrogen and oxygen atoms in total. The van der Waals surface area contributed by atoms with Crippen molar-refractivity contribution in [1.29, 1.82) is 0 Å². The predicted molar refractivity (Wildman–Crippen MR) is 83.9 cm³/mol. The SMILES string of the molecule is COc1ccc(CC(=O)O)cc1-c1cccc(C(C)C)c1. The molecular formula is C18H20O3. The van der Waals surface area contributed by atoms with Crippen LogP contribution in [0, 0.1) is 0 Å². The second-order valence-corrected chi connectivity index (χ2v) is 5.39. The van der Waals surface area contributed by atoms with Gasteiger partial charge in [0.25, 0.3) is 0 Å². The van der Waals surface area contributed by atoms with Crippen LogP contribution in [0.1, 0.15) is 30.9 Å². The topological polar surface area (TPSA) is 46.5 Å². The number of carboxylic acids is 1. The van der Waals surface area contributed by atoms with Gasteiger partial charge in [-0.05, 0) is 34.7 Å². The molecule has 0 bridgehead atoms. The van der Waals surface area contributed by atoms with Crippen LogP contribution in [-0.2, 0) is 11.2 Å². The van der Waals surface area contributed by atoms with E-state index in [-0.39, 0.29) is 6.42 Å². The van der Waals surface area contributed by atoms with Crippen LogP contribution in [0.4, 0.5) is 0 Å². The van der Waals surface area contributed by atoms with Crippen molar-refractivity contribution in [2.75, 3.05) is 7.11 Å². The van der Waals surface area contributed by atoms with Crippen LogP contribution in [0.15, 0.2) is 42.5 Å². The number of hydrogen-bond donors (Lipinski definition) is 1. The van der Waals surface area contributed by atoms with Crippen molar-refractivity contribution in [3.05, 3.63) is 53.6 Å². The van der Waals surface area contributed by atoms with E-state index >= 15 is 0 Å². The Morgan fingerprint density at radius 1 is 1.19 bits per heavy atom. The molecule has 3 heteroatoms. The molecular weight excluding hydrogens is 264 g/mol. The quantitative estimate of drug-likeness (QED) is 0.898. The summed E-state index contributed by atoms with van der Waals surface area (Å²) in [4.78, 5) is 10.9. The molecule has 110 valence electrons. The molecule has 1 N–H and O–H groups in total. The maximum atomic E-state index is 10.9. The van der Waals surface area contributed by atoms with Crippen molar-refractivity contribution in [1.82, 2.24) is 0 Å². The van der Waals surface area contributed by atoms with Crippen molar-refractivity contribution >= 4 is 5.97 Å². The average Bonchev–Trinajstić information content (AvgIpc) is 2.46. The Kier molecular flexibility index (Phi) is 4.63. The summed E-state index contributed by atoms with van der Waals surface area (Å²) in [5.41, 5.74) is 4.00. The highest BCUT2D eigenvalue weighted by atomic mass is 16.5. The number of rotatable bonds is 5. The van der Waals surface area contributed by atoms with Crippen LogP contribution >= 0.6 is 0 Å². The van der Waals surface area contributed by atoms with Gasteiger partial charge in [0.1, 0.15) is 5.75 Å². The summed E-state index contributed by atoms with van der Waals surface area (Å²) in [6.07, 6.45) is 0.0147. The van der Waals surface area contributed by atoms with Crippen LogP contribution in [0.5, 0.6) is 5.75 Å². The van der Waals surface area contributed by atoms with Crippen LogP contribution < -0.4 is 4.74 Å². The zero-order valence-electron chi connectivity index (χ0n) is 12.6. The summed E-state index contributed by atoms with van der Waals surface area (Å²) in [6.45, 7) is 4.30. The minimum atomic E-state index is -0.831. The fraction of sp³-hybridized carbons (Fsp3) is 0.278. The van der Waals surface area contributed by atoms with Gasteiger partial charge in [0, 0.05) is 5.56 Å². The van der Waals surface area contributed by atoms with E-state index in [1.165, 1.54) is 5.56 Å². The summed E-state index contributed by atoms with van der Waals surface area (Å²) in [7, 11) is 1.63. The Bertz CT molecular complexity index is 645. The van der Waals surface area contributed by atoms with E-state index in [0.717, 1.165) is 22.4 Å². The first-order valence-electron chi connectivity index (χ1n) is 7.00. The zero-order valence-corrected chi connectivity index (χ0v) is 12.6. The van der Waals surface area contributed by atoms with Gasteiger partial charge in [-0.15, -0.1) is 0 Å². The fourth-order valence-electron chi connectivity index (χ4n) is 2.33. The highest BCUT2D eigenvalue weighted by Gasteiger charge is 2.10. The van der Waals surface area contributed by atoms with Crippen molar-refractivity contribution in [3.63, 3.8) is 0 Å². The average molecular weight is 284 g/mol. The van der Waals surface area contributed by atoms with E-state index < -0.39 is 5.97 Å². The first-order valence-corrected chi connectivity index (χ1v) is 7.00. The molecule has 0 aromatic heterocycles. The Morgan fingerprint density at radius 3 is 2.57 bits per heavy atom. The van der Waals surface area contributed by atoms with Gasteiger partial charge in [-0.3, -0.25) is 4.79 Å². The van der Waals surface area contributed by atoms with E-state index in [1.807, 2.05) is 24.3 Å². The second-order valence-electron chi connectivity index (χ2n) is 5.39. The molecule has 0 atom stereocenters. The van der Waals surface area contributed by atoms with Gasteiger partial charge < -0.3 is 9.84 Å². The summed E-state index contributed by atoms with van der Waals surface area (Å²) < 4.78 is 5.41. The van der Waals surface area contributed by atoms with Crippen molar-refractivity contribution in [2.24, 2.45) is 0 Å². The third-order valence-electron chi connectivity index (χ3n) is 3.48. The number of carbonyl (C=O) groups is 1. The van der Waals surface area contributed by atoms with E-state index in [1.54, 1.807) is 13.2 Å². The molecule has 0 aliphatic carbocycles. The van der Waals surface area contributed by atoms with Crippen LogP contribution in [0.25, 0.3) is 11.1 Å². The number of ether oxygens (including phenoxy) is 1. The summed E-state index contributed by atoms with van der Waals surface area (Å²) in [5.74, 6) is 0.366. The monoisotopic (exact) mass is 284 g/mol. The third-order valence-corrected chi connectivity index (χ3v) is 3.48. The molecule has 21 heavy (non-hydrogen) atoms. The van der Waals surface area contributed by atoms with Gasteiger partial charge in [0.15, 0.2) is 0 Å². The minimum absolute atomic E-state index is 0.0147. The molecule has 2 rings (SSSR count). The maximum absolute atomic E-state index is 10.9. The Balaban J connectivity index is 2.49. The lowest BCUT2D eigenvalue weighted by molar-refractivity contribution is -0.136. The normalized spacial score (nSPS) is 10.7. The fourth-order valence-corrected chi connectivity index (χ4v) is 2.33. The summed E-state index contributed by atoms with van der Waals surface area (Å²) >= 11 is 0. The number of hydrogen-bond acceptors (Lipinski definition) is 2. The molecule has 0 fully saturated rings.